The summed E-state index contributed by atoms with van der Waals surface area (Å²) in [4.78, 5) is 23.7. The molecule has 21 heavy (non-hydrogen) atoms. The van der Waals surface area contributed by atoms with Crippen LogP contribution in [0.4, 0.5) is 0 Å². The van der Waals surface area contributed by atoms with Gasteiger partial charge in [0, 0.05) is 25.2 Å². The molecule has 0 radical (unpaired) electrons. The van der Waals surface area contributed by atoms with Crippen LogP contribution in [0.5, 0.6) is 0 Å². The molecule has 0 aliphatic heterocycles. The molecule has 0 saturated heterocycles. The monoisotopic (exact) mass is 291 g/mol. The summed E-state index contributed by atoms with van der Waals surface area (Å²) in [6, 6.07) is 7.37. The van der Waals surface area contributed by atoms with E-state index in [1.165, 1.54) is 0 Å². The van der Waals surface area contributed by atoms with Gasteiger partial charge in [-0.05, 0) is 25.5 Å². The molecule has 0 bridgehead atoms. The van der Waals surface area contributed by atoms with Gasteiger partial charge in [-0.25, -0.2) is 0 Å². The molecule has 0 heterocycles. The number of nitrogens with one attached hydrogen (secondary N) is 2. The Hall–Kier alpha value is -1.88. The Bertz CT molecular complexity index is 457. The smallest absolute Gasteiger partial charge is 0.251 e. The van der Waals surface area contributed by atoms with Gasteiger partial charge in [0.1, 0.15) is 0 Å². The van der Waals surface area contributed by atoms with Gasteiger partial charge in [0.25, 0.3) is 5.91 Å². The van der Waals surface area contributed by atoms with Crippen molar-refractivity contribution in [2.24, 2.45) is 11.7 Å². The highest BCUT2D eigenvalue weighted by Gasteiger charge is 2.14. The van der Waals surface area contributed by atoms with Gasteiger partial charge in [-0.2, -0.15) is 0 Å². The third kappa shape index (κ3) is 5.95. The number of amides is 2. The van der Waals surface area contributed by atoms with Gasteiger partial charge in [0.2, 0.25) is 5.91 Å². The van der Waals surface area contributed by atoms with Crippen LogP contribution in [0.25, 0.3) is 0 Å². The van der Waals surface area contributed by atoms with Crippen molar-refractivity contribution >= 4 is 11.8 Å². The first kappa shape index (κ1) is 17.2. The van der Waals surface area contributed by atoms with Gasteiger partial charge in [-0.15, -0.1) is 0 Å². The van der Waals surface area contributed by atoms with E-state index in [1.807, 2.05) is 26.0 Å². The Labute approximate surface area is 126 Å². The normalized spacial score (nSPS) is 11.8. The summed E-state index contributed by atoms with van der Waals surface area (Å²) in [6.45, 7) is 5.17. The van der Waals surface area contributed by atoms with Crippen LogP contribution in [-0.4, -0.2) is 31.4 Å². The molecule has 0 fully saturated rings. The van der Waals surface area contributed by atoms with Crippen molar-refractivity contribution in [2.45, 2.75) is 26.7 Å². The van der Waals surface area contributed by atoms with Gasteiger partial charge in [-0.3, -0.25) is 9.59 Å². The quantitative estimate of drug-likeness (QED) is 0.630. The maximum absolute atomic E-state index is 11.8. The minimum absolute atomic E-state index is 0.0380. The highest BCUT2D eigenvalue weighted by atomic mass is 16.2. The average molecular weight is 291 g/mol. The number of rotatable bonds is 8. The zero-order valence-corrected chi connectivity index (χ0v) is 12.8. The Kier molecular flexibility index (Phi) is 7.46. The van der Waals surface area contributed by atoms with Crippen molar-refractivity contribution in [3.63, 3.8) is 0 Å². The van der Waals surface area contributed by atoms with Crippen molar-refractivity contribution in [3.8, 4) is 0 Å². The highest BCUT2D eigenvalue weighted by Crippen LogP contribution is 2.04. The number of aryl methyl sites for hydroxylation is 1. The van der Waals surface area contributed by atoms with E-state index in [2.05, 4.69) is 10.6 Å². The van der Waals surface area contributed by atoms with Crippen LogP contribution in [0.2, 0.25) is 0 Å². The summed E-state index contributed by atoms with van der Waals surface area (Å²) in [5.74, 6) is -0.306. The van der Waals surface area contributed by atoms with Crippen LogP contribution < -0.4 is 16.4 Å². The highest BCUT2D eigenvalue weighted by molar-refractivity contribution is 5.94. The molecular formula is C16H25N3O2. The molecule has 116 valence electrons. The van der Waals surface area contributed by atoms with Crippen LogP contribution in [0.1, 0.15) is 35.7 Å². The lowest BCUT2D eigenvalue weighted by Crippen LogP contribution is -2.39. The lowest BCUT2D eigenvalue weighted by atomic mass is 10.0. The molecule has 0 aliphatic carbocycles. The molecule has 0 saturated carbocycles. The van der Waals surface area contributed by atoms with E-state index in [1.54, 1.807) is 12.1 Å². The standard InChI is InChI=1S/C16H25N3O2/c1-3-4-14(11-17)16(21)19-10-9-18-15(20)13-7-5-12(2)6-8-13/h5-8,14H,3-4,9-11,17H2,1-2H3,(H,18,20)(H,19,21). The van der Waals surface area contributed by atoms with Crippen LogP contribution >= 0.6 is 0 Å². The lowest BCUT2D eigenvalue weighted by molar-refractivity contribution is -0.124. The minimum Gasteiger partial charge on any atom is -0.354 e. The molecule has 0 spiro atoms. The third-order valence-electron chi connectivity index (χ3n) is 3.32. The molecule has 1 unspecified atom stereocenters. The topological polar surface area (TPSA) is 84.2 Å². The maximum Gasteiger partial charge on any atom is 0.251 e. The van der Waals surface area contributed by atoms with Crippen LogP contribution in [0.3, 0.4) is 0 Å². The average Bonchev–Trinajstić information content (AvgIpc) is 2.49. The first-order chi connectivity index (χ1) is 10.1. The molecule has 1 aromatic rings. The second kappa shape index (κ2) is 9.13. The van der Waals surface area contributed by atoms with E-state index in [4.69, 9.17) is 5.73 Å². The molecule has 5 heteroatoms. The number of hydrogen-bond acceptors (Lipinski definition) is 3. The van der Waals surface area contributed by atoms with E-state index in [0.717, 1.165) is 18.4 Å². The van der Waals surface area contributed by atoms with Crippen molar-refractivity contribution in [1.29, 1.82) is 0 Å². The Balaban J connectivity index is 2.29. The van der Waals surface area contributed by atoms with E-state index in [0.29, 0.717) is 25.2 Å². The molecule has 1 atom stereocenters. The molecule has 1 aromatic carbocycles. The predicted molar refractivity (Wildman–Crippen MR) is 84.0 cm³/mol. The van der Waals surface area contributed by atoms with E-state index in [-0.39, 0.29) is 17.7 Å². The summed E-state index contributed by atoms with van der Waals surface area (Å²) in [6.07, 6.45) is 1.72. The van der Waals surface area contributed by atoms with Crippen molar-refractivity contribution < 1.29 is 9.59 Å². The number of carbonyl (C=O) groups excluding carboxylic acids is 2. The van der Waals surface area contributed by atoms with E-state index < -0.39 is 0 Å². The zero-order chi connectivity index (χ0) is 15.7. The lowest BCUT2D eigenvalue weighted by Gasteiger charge is -2.14. The molecule has 2 amide bonds. The first-order valence-corrected chi connectivity index (χ1v) is 7.41. The first-order valence-electron chi connectivity index (χ1n) is 7.41. The minimum atomic E-state index is -0.136. The number of carbonyl (C=O) groups is 2. The summed E-state index contributed by atoms with van der Waals surface area (Å²) in [5.41, 5.74) is 7.31. The number of nitrogens with two attached hydrogens (primary N) is 1. The summed E-state index contributed by atoms with van der Waals surface area (Å²) < 4.78 is 0. The maximum atomic E-state index is 11.8. The van der Waals surface area contributed by atoms with E-state index in [9.17, 15) is 9.59 Å². The molecule has 0 aromatic heterocycles. The number of benzene rings is 1. The number of hydrogen-bond donors (Lipinski definition) is 3. The second-order valence-corrected chi connectivity index (χ2v) is 5.13. The van der Waals surface area contributed by atoms with Gasteiger partial charge in [-0.1, -0.05) is 31.0 Å². The summed E-state index contributed by atoms with van der Waals surface area (Å²) in [5, 5.41) is 5.58. The summed E-state index contributed by atoms with van der Waals surface area (Å²) >= 11 is 0. The van der Waals surface area contributed by atoms with Gasteiger partial charge < -0.3 is 16.4 Å². The molecule has 1 rings (SSSR count). The molecule has 4 N–H and O–H groups in total. The zero-order valence-electron chi connectivity index (χ0n) is 12.8. The molecular weight excluding hydrogens is 266 g/mol. The fourth-order valence-electron chi connectivity index (χ4n) is 2.02. The SMILES string of the molecule is CCCC(CN)C(=O)NCCNC(=O)c1ccc(C)cc1. The second-order valence-electron chi connectivity index (χ2n) is 5.13. The van der Waals surface area contributed by atoms with Crippen LogP contribution in [0.15, 0.2) is 24.3 Å². The Morgan fingerprint density at radius 3 is 2.33 bits per heavy atom. The van der Waals surface area contributed by atoms with E-state index >= 15 is 0 Å². The molecule has 0 aliphatic rings. The fourth-order valence-corrected chi connectivity index (χ4v) is 2.02. The summed E-state index contributed by atoms with van der Waals surface area (Å²) in [7, 11) is 0. The van der Waals surface area contributed by atoms with Crippen LogP contribution in [0, 0.1) is 12.8 Å². The predicted octanol–water partition coefficient (Wildman–Crippen LogP) is 1.22. The largest absolute Gasteiger partial charge is 0.354 e. The third-order valence-corrected chi connectivity index (χ3v) is 3.32. The Morgan fingerprint density at radius 2 is 1.76 bits per heavy atom. The van der Waals surface area contributed by atoms with Gasteiger partial charge >= 0.3 is 0 Å². The van der Waals surface area contributed by atoms with Crippen molar-refractivity contribution in [1.82, 2.24) is 10.6 Å². The van der Waals surface area contributed by atoms with Crippen LogP contribution in [-0.2, 0) is 4.79 Å². The van der Waals surface area contributed by atoms with Gasteiger partial charge in [0.05, 0.1) is 5.92 Å². The van der Waals surface area contributed by atoms with Gasteiger partial charge in [0.15, 0.2) is 0 Å². The van der Waals surface area contributed by atoms with Crippen molar-refractivity contribution in [2.75, 3.05) is 19.6 Å². The Morgan fingerprint density at radius 1 is 1.14 bits per heavy atom. The molecule has 5 nitrogen and oxygen atoms in total. The fraction of sp³-hybridized carbons (Fsp3) is 0.500. The van der Waals surface area contributed by atoms with Crippen molar-refractivity contribution in [3.05, 3.63) is 35.4 Å².